The third-order valence-electron chi connectivity index (χ3n) is 4.08. The number of nitrogens with zero attached hydrogens (tertiary/aromatic N) is 3. The summed E-state index contributed by atoms with van der Waals surface area (Å²) in [5.41, 5.74) is 2.55. The van der Waals surface area contributed by atoms with Gasteiger partial charge in [0, 0.05) is 18.3 Å². The van der Waals surface area contributed by atoms with E-state index in [0.29, 0.717) is 22.8 Å². The first-order valence-corrected chi connectivity index (χ1v) is 8.62. The molecular formula is C21H17FN4O. The molecular weight excluding hydrogens is 343 g/mol. The molecule has 0 saturated carbocycles. The van der Waals surface area contributed by atoms with Crippen LogP contribution >= 0.6 is 0 Å². The molecule has 5 nitrogen and oxygen atoms in total. The molecule has 0 unspecified atom stereocenters. The molecule has 6 heteroatoms. The second kappa shape index (κ2) is 7.78. The number of benzene rings is 2. The minimum atomic E-state index is -0.341. The molecule has 2 aromatic heterocycles. The Hall–Kier alpha value is -3.54. The number of halogens is 1. The molecule has 0 radical (unpaired) electrons. The summed E-state index contributed by atoms with van der Waals surface area (Å²) >= 11 is 0. The van der Waals surface area contributed by atoms with Gasteiger partial charge >= 0.3 is 0 Å². The molecule has 0 atom stereocenters. The summed E-state index contributed by atoms with van der Waals surface area (Å²) in [6.07, 6.45) is 2.60. The van der Waals surface area contributed by atoms with Gasteiger partial charge in [0.25, 0.3) is 5.89 Å². The van der Waals surface area contributed by atoms with Crippen LogP contribution in [0.5, 0.6) is 0 Å². The molecule has 0 aliphatic carbocycles. The van der Waals surface area contributed by atoms with Crippen LogP contribution in [-0.2, 0) is 6.42 Å². The van der Waals surface area contributed by atoms with Crippen LogP contribution in [0.3, 0.4) is 0 Å². The molecule has 0 amide bonds. The Morgan fingerprint density at radius 3 is 2.59 bits per heavy atom. The van der Waals surface area contributed by atoms with Gasteiger partial charge in [0.1, 0.15) is 11.6 Å². The predicted octanol–water partition coefficient (Wildman–Crippen LogP) is 4.59. The van der Waals surface area contributed by atoms with Gasteiger partial charge in [0.05, 0.1) is 5.56 Å². The van der Waals surface area contributed by atoms with Crippen LogP contribution in [-0.4, -0.2) is 21.7 Å². The summed E-state index contributed by atoms with van der Waals surface area (Å²) in [6, 6.07) is 20.1. The van der Waals surface area contributed by atoms with E-state index >= 15 is 0 Å². The number of hydrogen-bond donors (Lipinski definition) is 1. The minimum Gasteiger partial charge on any atom is -0.370 e. The second-order valence-electron chi connectivity index (χ2n) is 6.03. The number of hydrogen-bond acceptors (Lipinski definition) is 5. The highest BCUT2D eigenvalue weighted by molar-refractivity contribution is 5.60. The molecule has 0 aliphatic heterocycles. The number of anilines is 1. The van der Waals surface area contributed by atoms with Crippen molar-refractivity contribution >= 4 is 5.82 Å². The summed E-state index contributed by atoms with van der Waals surface area (Å²) < 4.78 is 18.6. The van der Waals surface area contributed by atoms with Gasteiger partial charge in [-0.05, 0) is 36.2 Å². The monoisotopic (exact) mass is 360 g/mol. The molecule has 0 aliphatic rings. The average molecular weight is 360 g/mol. The van der Waals surface area contributed by atoms with E-state index in [0.717, 1.165) is 18.8 Å². The molecule has 2 aromatic carbocycles. The van der Waals surface area contributed by atoms with Crippen LogP contribution in [0.1, 0.15) is 5.56 Å². The van der Waals surface area contributed by atoms with Gasteiger partial charge in [-0.25, -0.2) is 9.37 Å². The van der Waals surface area contributed by atoms with E-state index < -0.39 is 0 Å². The fourth-order valence-corrected chi connectivity index (χ4v) is 2.69. The zero-order valence-corrected chi connectivity index (χ0v) is 14.5. The Morgan fingerprint density at radius 2 is 1.81 bits per heavy atom. The summed E-state index contributed by atoms with van der Waals surface area (Å²) in [4.78, 5) is 8.70. The molecule has 0 fully saturated rings. The molecule has 0 bridgehead atoms. The van der Waals surface area contributed by atoms with Gasteiger partial charge in [0.2, 0.25) is 5.82 Å². The standard InChI is InChI=1S/C21H17FN4O/c22-18-8-4-7-16(13-18)20-25-21(27-26-20)17-9-10-19(24-14-17)23-12-11-15-5-2-1-3-6-15/h1-10,13-14H,11-12H2,(H,23,24). The van der Waals surface area contributed by atoms with Crippen LogP contribution in [0, 0.1) is 5.82 Å². The lowest BCUT2D eigenvalue weighted by molar-refractivity contribution is 0.432. The Bertz CT molecular complexity index is 1020. The molecule has 0 spiro atoms. The molecule has 1 N–H and O–H groups in total. The topological polar surface area (TPSA) is 63.8 Å². The largest absolute Gasteiger partial charge is 0.370 e. The van der Waals surface area contributed by atoms with Gasteiger partial charge in [-0.2, -0.15) is 4.98 Å². The number of pyridine rings is 1. The first-order chi connectivity index (χ1) is 13.3. The van der Waals surface area contributed by atoms with Gasteiger partial charge in [-0.3, -0.25) is 0 Å². The lowest BCUT2D eigenvalue weighted by atomic mass is 10.1. The predicted molar refractivity (Wildman–Crippen MR) is 102 cm³/mol. The van der Waals surface area contributed by atoms with E-state index in [4.69, 9.17) is 4.52 Å². The van der Waals surface area contributed by atoms with E-state index in [2.05, 4.69) is 32.6 Å². The van der Waals surface area contributed by atoms with E-state index in [9.17, 15) is 4.39 Å². The summed E-state index contributed by atoms with van der Waals surface area (Å²) in [5, 5.41) is 7.20. The fourth-order valence-electron chi connectivity index (χ4n) is 2.69. The molecule has 27 heavy (non-hydrogen) atoms. The van der Waals surface area contributed by atoms with Crippen molar-refractivity contribution < 1.29 is 8.91 Å². The Labute approximate surface area is 155 Å². The van der Waals surface area contributed by atoms with E-state index in [1.807, 2.05) is 30.3 Å². The van der Waals surface area contributed by atoms with Crippen LogP contribution in [0.15, 0.2) is 77.4 Å². The van der Waals surface area contributed by atoms with Crippen LogP contribution in [0.2, 0.25) is 0 Å². The number of aromatic nitrogens is 3. The van der Waals surface area contributed by atoms with Gasteiger partial charge in [-0.1, -0.05) is 47.6 Å². The van der Waals surface area contributed by atoms with Crippen molar-refractivity contribution in [1.82, 2.24) is 15.1 Å². The first-order valence-electron chi connectivity index (χ1n) is 8.62. The van der Waals surface area contributed by atoms with Gasteiger partial charge in [-0.15, -0.1) is 0 Å². The smallest absolute Gasteiger partial charge is 0.259 e. The van der Waals surface area contributed by atoms with Crippen LogP contribution < -0.4 is 5.32 Å². The lowest BCUT2D eigenvalue weighted by Gasteiger charge is -2.05. The third kappa shape index (κ3) is 4.17. The summed E-state index contributed by atoms with van der Waals surface area (Å²) in [5.74, 6) is 1.12. The van der Waals surface area contributed by atoms with Crippen LogP contribution in [0.4, 0.5) is 10.2 Å². The average Bonchev–Trinajstić information content (AvgIpc) is 3.20. The summed E-state index contributed by atoms with van der Waals surface area (Å²) in [6.45, 7) is 0.792. The van der Waals surface area contributed by atoms with E-state index in [-0.39, 0.29) is 5.82 Å². The molecule has 4 aromatic rings. The highest BCUT2D eigenvalue weighted by atomic mass is 19.1. The van der Waals surface area contributed by atoms with Crippen molar-refractivity contribution in [3.05, 3.63) is 84.3 Å². The van der Waals surface area contributed by atoms with Gasteiger partial charge < -0.3 is 9.84 Å². The zero-order valence-electron chi connectivity index (χ0n) is 14.5. The highest BCUT2D eigenvalue weighted by Gasteiger charge is 2.11. The fraction of sp³-hybridized carbons (Fsp3) is 0.0952. The SMILES string of the molecule is Fc1cccc(-c2noc(-c3ccc(NCCc4ccccc4)nc3)n2)c1. The molecule has 0 saturated heterocycles. The minimum absolute atomic E-state index is 0.341. The number of rotatable bonds is 6. The quantitative estimate of drug-likeness (QED) is 0.545. The van der Waals surface area contributed by atoms with Crippen molar-refractivity contribution in [2.75, 3.05) is 11.9 Å². The van der Waals surface area contributed by atoms with Crippen molar-refractivity contribution in [3.8, 4) is 22.8 Å². The number of nitrogens with one attached hydrogen (secondary N) is 1. The molecule has 2 heterocycles. The first kappa shape index (κ1) is 16.9. The normalized spacial score (nSPS) is 10.7. The highest BCUT2D eigenvalue weighted by Crippen LogP contribution is 2.22. The van der Waals surface area contributed by atoms with Gasteiger partial charge in [0.15, 0.2) is 0 Å². The Balaban J connectivity index is 1.40. The van der Waals surface area contributed by atoms with E-state index in [1.165, 1.54) is 17.7 Å². The second-order valence-corrected chi connectivity index (χ2v) is 6.03. The lowest BCUT2D eigenvalue weighted by Crippen LogP contribution is -2.05. The maximum absolute atomic E-state index is 13.3. The third-order valence-corrected chi connectivity index (χ3v) is 4.08. The van der Waals surface area contributed by atoms with Crippen molar-refractivity contribution in [1.29, 1.82) is 0 Å². The van der Waals surface area contributed by atoms with Crippen molar-refractivity contribution in [3.63, 3.8) is 0 Å². The maximum atomic E-state index is 13.3. The molecule has 134 valence electrons. The summed E-state index contributed by atoms with van der Waals surface area (Å²) in [7, 11) is 0. The van der Waals surface area contributed by atoms with E-state index in [1.54, 1.807) is 18.3 Å². The molecule has 4 rings (SSSR count). The van der Waals surface area contributed by atoms with Crippen LogP contribution in [0.25, 0.3) is 22.8 Å². The maximum Gasteiger partial charge on any atom is 0.259 e. The zero-order chi connectivity index (χ0) is 18.5. The van der Waals surface area contributed by atoms with Crippen molar-refractivity contribution in [2.45, 2.75) is 6.42 Å². The van der Waals surface area contributed by atoms with Crippen molar-refractivity contribution in [2.24, 2.45) is 0 Å². The Kier molecular flexibility index (Phi) is 4.87. The Morgan fingerprint density at radius 1 is 0.926 bits per heavy atom.